The van der Waals surface area contributed by atoms with Crippen molar-refractivity contribution in [2.24, 2.45) is 0 Å². The average Bonchev–Trinajstić information content (AvgIpc) is 3.04. The first-order chi connectivity index (χ1) is 12.2. The molecule has 25 heavy (non-hydrogen) atoms. The number of aromatic nitrogens is 2. The fraction of sp³-hybridized carbons (Fsp3) is 0.263. The third kappa shape index (κ3) is 3.91. The van der Waals surface area contributed by atoms with Crippen LogP contribution in [0.25, 0.3) is 22.0 Å². The SMILES string of the molecule is CCCCNC(=O)Nc1n[nH]c2cc(-c3cccc(OC)c3)ccc12. The summed E-state index contributed by atoms with van der Waals surface area (Å²) in [6.07, 6.45) is 2.00. The van der Waals surface area contributed by atoms with E-state index >= 15 is 0 Å². The minimum Gasteiger partial charge on any atom is -0.497 e. The molecule has 2 aromatic carbocycles. The van der Waals surface area contributed by atoms with E-state index in [9.17, 15) is 4.79 Å². The highest BCUT2D eigenvalue weighted by molar-refractivity contribution is 6.00. The summed E-state index contributed by atoms with van der Waals surface area (Å²) >= 11 is 0. The molecule has 0 spiro atoms. The Kier molecular flexibility index (Phi) is 5.18. The number of methoxy groups -OCH3 is 1. The van der Waals surface area contributed by atoms with Crippen LogP contribution >= 0.6 is 0 Å². The van der Waals surface area contributed by atoms with Gasteiger partial charge in [0.15, 0.2) is 5.82 Å². The Morgan fingerprint density at radius 1 is 1.20 bits per heavy atom. The number of H-pyrrole nitrogens is 1. The molecule has 130 valence electrons. The largest absolute Gasteiger partial charge is 0.497 e. The summed E-state index contributed by atoms with van der Waals surface area (Å²) in [6, 6.07) is 13.6. The minimum atomic E-state index is -0.237. The van der Waals surface area contributed by atoms with Crippen molar-refractivity contribution in [2.75, 3.05) is 19.0 Å². The van der Waals surface area contributed by atoms with Crippen LogP contribution in [-0.2, 0) is 0 Å². The van der Waals surface area contributed by atoms with E-state index in [1.165, 1.54) is 0 Å². The predicted octanol–water partition coefficient (Wildman–Crippen LogP) is 4.16. The maximum Gasteiger partial charge on any atom is 0.320 e. The second-order valence-electron chi connectivity index (χ2n) is 5.80. The van der Waals surface area contributed by atoms with Crippen molar-refractivity contribution in [3.63, 3.8) is 0 Å². The molecule has 1 heterocycles. The Balaban J connectivity index is 1.80. The molecule has 6 heteroatoms. The number of amides is 2. The lowest BCUT2D eigenvalue weighted by molar-refractivity contribution is 0.252. The van der Waals surface area contributed by atoms with Crippen LogP contribution in [0.5, 0.6) is 5.75 Å². The van der Waals surface area contributed by atoms with Crippen molar-refractivity contribution in [2.45, 2.75) is 19.8 Å². The van der Waals surface area contributed by atoms with Gasteiger partial charge in [-0.2, -0.15) is 5.10 Å². The second-order valence-corrected chi connectivity index (χ2v) is 5.80. The number of aromatic amines is 1. The van der Waals surface area contributed by atoms with E-state index in [-0.39, 0.29) is 6.03 Å². The summed E-state index contributed by atoms with van der Waals surface area (Å²) in [5, 5.41) is 13.7. The molecule has 0 aliphatic carbocycles. The summed E-state index contributed by atoms with van der Waals surface area (Å²) < 4.78 is 5.28. The lowest BCUT2D eigenvalue weighted by atomic mass is 10.0. The molecule has 3 aromatic rings. The van der Waals surface area contributed by atoms with Gasteiger partial charge in [0.2, 0.25) is 0 Å². The smallest absolute Gasteiger partial charge is 0.320 e. The Hall–Kier alpha value is -3.02. The molecule has 0 aliphatic heterocycles. The maximum absolute atomic E-state index is 11.9. The standard InChI is InChI=1S/C19H22N4O2/c1-3-4-10-20-19(24)21-18-16-9-8-14(12-17(16)22-23-18)13-6-5-7-15(11-13)25-2/h5-9,11-12H,3-4,10H2,1-2H3,(H3,20,21,22,23,24). The van der Waals surface area contributed by atoms with Gasteiger partial charge in [-0.1, -0.05) is 31.5 Å². The first-order valence-electron chi connectivity index (χ1n) is 8.38. The van der Waals surface area contributed by atoms with E-state index < -0.39 is 0 Å². The van der Waals surface area contributed by atoms with Crippen molar-refractivity contribution in [3.8, 4) is 16.9 Å². The number of nitrogens with zero attached hydrogens (tertiary/aromatic N) is 1. The van der Waals surface area contributed by atoms with Crippen LogP contribution in [0, 0.1) is 0 Å². The zero-order chi connectivity index (χ0) is 17.6. The normalized spacial score (nSPS) is 10.6. The Morgan fingerprint density at radius 3 is 2.84 bits per heavy atom. The lowest BCUT2D eigenvalue weighted by Crippen LogP contribution is -2.29. The van der Waals surface area contributed by atoms with Crippen molar-refractivity contribution >= 4 is 22.8 Å². The van der Waals surface area contributed by atoms with E-state index in [2.05, 4.69) is 27.8 Å². The number of hydrogen-bond donors (Lipinski definition) is 3. The average molecular weight is 338 g/mol. The number of carbonyl (C=O) groups is 1. The van der Waals surface area contributed by atoms with Crippen molar-refractivity contribution in [1.29, 1.82) is 0 Å². The molecule has 2 amide bonds. The molecule has 0 bridgehead atoms. The number of nitrogens with one attached hydrogen (secondary N) is 3. The second kappa shape index (κ2) is 7.70. The summed E-state index contributed by atoms with van der Waals surface area (Å²) in [5.41, 5.74) is 2.97. The summed E-state index contributed by atoms with van der Waals surface area (Å²) in [5.74, 6) is 1.34. The lowest BCUT2D eigenvalue weighted by Gasteiger charge is -2.06. The van der Waals surface area contributed by atoms with Gasteiger partial charge in [-0.3, -0.25) is 10.4 Å². The zero-order valence-electron chi connectivity index (χ0n) is 14.4. The first-order valence-corrected chi connectivity index (χ1v) is 8.38. The van der Waals surface area contributed by atoms with E-state index in [1.807, 2.05) is 42.5 Å². The number of rotatable bonds is 6. The zero-order valence-corrected chi connectivity index (χ0v) is 14.4. The first kappa shape index (κ1) is 16.8. The highest BCUT2D eigenvalue weighted by Crippen LogP contribution is 2.28. The maximum atomic E-state index is 11.9. The van der Waals surface area contributed by atoms with E-state index in [4.69, 9.17) is 4.74 Å². The van der Waals surface area contributed by atoms with E-state index in [1.54, 1.807) is 7.11 Å². The number of carbonyl (C=O) groups excluding carboxylic acids is 1. The molecule has 3 rings (SSSR count). The summed E-state index contributed by atoms with van der Waals surface area (Å²) in [6.45, 7) is 2.74. The molecule has 0 unspecified atom stereocenters. The van der Waals surface area contributed by atoms with Gasteiger partial charge in [0.1, 0.15) is 5.75 Å². The van der Waals surface area contributed by atoms with Crippen LogP contribution in [0.4, 0.5) is 10.6 Å². The molecular weight excluding hydrogens is 316 g/mol. The number of hydrogen-bond acceptors (Lipinski definition) is 3. The summed E-state index contributed by atoms with van der Waals surface area (Å²) in [7, 11) is 1.65. The predicted molar refractivity (Wildman–Crippen MR) is 100 cm³/mol. The fourth-order valence-electron chi connectivity index (χ4n) is 2.63. The summed E-state index contributed by atoms with van der Waals surface area (Å²) in [4.78, 5) is 11.9. The van der Waals surface area contributed by atoms with Crippen molar-refractivity contribution < 1.29 is 9.53 Å². The van der Waals surface area contributed by atoms with Crippen LogP contribution in [-0.4, -0.2) is 29.9 Å². The van der Waals surface area contributed by atoms with Gasteiger partial charge >= 0.3 is 6.03 Å². The van der Waals surface area contributed by atoms with Crippen LogP contribution in [0.3, 0.4) is 0 Å². The van der Waals surface area contributed by atoms with Gasteiger partial charge in [-0.15, -0.1) is 0 Å². The third-order valence-electron chi connectivity index (χ3n) is 4.01. The Morgan fingerprint density at radius 2 is 2.04 bits per heavy atom. The molecule has 0 aliphatic rings. The van der Waals surface area contributed by atoms with E-state index in [0.717, 1.165) is 40.6 Å². The van der Waals surface area contributed by atoms with Gasteiger partial charge in [0.05, 0.1) is 12.6 Å². The quantitative estimate of drug-likeness (QED) is 0.591. The highest BCUT2D eigenvalue weighted by atomic mass is 16.5. The molecule has 0 saturated carbocycles. The number of fused-ring (bicyclic) bond motifs is 1. The highest BCUT2D eigenvalue weighted by Gasteiger charge is 2.10. The van der Waals surface area contributed by atoms with Crippen molar-refractivity contribution in [3.05, 3.63) is 42.5 Å². The third-order valence-corrected chi connectivity index (χ3v) is 4.01. The Labute approximate surface area is 146 Å². The van der Waals surface area contributed by atoms with Gasteiger partial charge < -0.3 is 10.1 Å². The van der Waals surface area contributed by atoms with E-state index in [0.29, 0.717) is 12.4 Å². The number of benzene rings is 2. The van der Waals surface area contributed by atoms with Gasteiger partial charge in [-0.05, 0) is 41.8 Å². The number of anilines is 1. The Bertz CT molecular complexity index is 873. The number of ether oxygens (including phenoxy) is 1. The van der Waals surface area contributed by atoms with Crippen molar-refractivity contribution in [1.82, 2.24) is 15.5 Å². The molecule has 6 nitrogen and oxygen atoms in total. The molecule has 0 radical (unpaired) electrons. The molecule has 0 fully saturated rings. The van der Waals surface area contributed by atoms with Gasteiger partial charge in [-0.25, -0.2) is 4.79 Å². The van der Waals surface area contributed by atoms with Gasteiger partial charge in [0, 0.05) is 11.9 Å². The molecule has 3 N–H and O–H groups in total. The van der Waals surface area contributed by atoms with Gasteiger partial charge in [0.25, 0.3) is 0 Å². The minimum absolute atomic E-state index is 0.237. The molecule has 0 atom stereocenters. The van der Waals surface area contributed by atoms with Crippen LogP contribution in [0.1, 0.15) is 19.8 Å². The monoisotopic (exact) mass is 338 g/mol. The topological polar surface area (TPSA) is 79.0 Å². The van der Waals surface area contributed by atoms with Crippen LogP contribution in [0.15, 0.2) is 42.5 Å². The number of urea groups is 1. The van der Waals surface area contributed by atoms with Crippen LogP contribution < -0.4 is 15.4 Å². The fourth-order valence-corrected chi connectivity index (χ4v) is 2.63. The molecule has 1 aromatic heterocycles. The number of unbranched alkanes of at least 4 members (excludes halogenated alkanes) is 1. The molecular formula is C19H22N4O2. The van der Waals surface area contributed by atoms with Crippen LogP contribution in [0.2, 0.25) is 0 Å². The molecule has 0 saturated heterocycles.